The van der Waals surface area contributed by atoms with Crippen LogP contribution in [-0.4, -0.2) is 42.0 Å². The highest BCUT2D eigenvalue weighted by molar-refractivity contribution is 6.46. The number of aliphatic hydroxyl groups is 1. The number of carbonyl (C=O) groups excluding carboxylic acids is 2. The predicted octanol–water partition coefficient (Wildman–Crippen LogP) is 4.09. The van der Waals surface area contributed by atoms with E-state index >= 15 is 0 Å². The number of carbonyl (C=O) groups is 2. The normalized spacial score (nSPS) is 17.8. The number of hydrogen-bond donors (Lipinski definition) is 1. The molecule has 3 rings (SSSR count). The van der Waals surface area contributed by atoms with Crippen LogP contribution in [0.1, 0.15) is 30.5 Å². The smallest absolute Gasteiger partial charge is 0.295 e. The van der Waals surface area contributed by atoms with Crippen molar-refractivity contribution in [3.63, 3.8) is 0 Å². The zero-order chi connectivity index (χ0) is 21.7. The van der Waals surface area contributed by atoms with E-state index in [1.54, 1.807) is 48.5 Å². The van der Waals surface area contributed by atoms with Gasteiger partial charge in [0.2, 0.25) is 0 Å². The maximum absolute atomic E-state index is 12.9. The molecule has 2 aromatic rings. The quantitative estimate of drug-likeness (QED) is 0.309. The van der Waals surface area contributed by atoms with Crippen LogP contribution in [0.2, 0.25) is 0 Å². The molecule has 30 heavy (non-hydrogen) atoms. The van der Waals surface area contributed by atoms with E-state index in [4.69, 9.17) is 9.47 Å². The van der Waals surface area contributed by atoms with E-state index in [-0.39, 0.29) is 11.3 Å². The van der Waals surface area contributed by atoms with Crippen LogP contribution in [0, 0.1) is 0 Å². The lowest BCUT2D eigenvalue weighted by atomic mass is 9.95. The standard InChI is InChI=1S/C24H25NO5/c1-4-12-25-21(16-8-6-11-19(14-16)30-13-5-2)20(23(27)24(25)28)22(26)17-9-7-10-18(15-17)29-3/h5-11,14-15,21,26H,2,4,12-13H2,1,3H3/b22-20-. The number of aliphatic hydroxyl groups excluding tert-OH is 1. The number of Topliss-reactive ketones (excluding diaryl/α,β-unsaturated/α-hetero) is 1. The minimum Gasteiger partial charge on any atom is -0.507 e. The summed E-state index contributed by atoms with van der Waals surface area (Å²) >= 11 is 0. The first-order valence-corrected chi connectivity index (χ1v) is 9.78. The van der Waals surface area contributed by atoms with Crippen molar-refractivity contribution >= 4 is 17.4 Å². The Bertz CT molecular complexity index is 995. The van der Waals surface area contributed by atoms with Crippen molar-refractivity contribution in [2.24, 2.45) is 0 Å². The number of nitrogens with zero attached hydrogens (tertiary/aromatic N) is 1. The van der Waals surface area contributed by atoms with Crippen LogP contribution in [0.5, 0.6) is 11.5 Å². The SMILES string of the molecule is C=CCOc1cccc(C2/C(=C(/O)c3cccc(OC)c3)C(=O)C(=O)N2CCC)c1. The number of likely N-dealkylation sites (tertiary alicyclic amines) is 1. The van der Waals surface area contributed by atoms with Gasteiger partial charge in [-0.3, -0.25) is 9.59 Å². The largest absolute Gasteiger partial charge is 0.507 e. The van der Waals surface area contributed by atoms with Crippen molar-refractivity contribution < 1.29 is 24.2 Å². The van der Waals surface area contributed by atoms with Gasteiger partial charge in [0.05, 0.1) is 18.7 Å². The summed E-state index contributed by atoms with van der Waals surface area (Å²) in [6.45, 7) is 6.30. The van der Waals surface area contributed by atoms with Gasteiger partial charge in [0.1, 0.15) is 23.9 Å². The summed E-state index contributed by atoms with van der Waals surface area (Å²) in [7, 11) is 1.52. The number of amides is 1. The molecule has 6 nitrogen and oxygen atoms in total. The second-order valence-electron chi connectivity index (χ2n) is 6.90. The molecule has 156 valence electrons. The molecule has 0 aromatic heterocycles. The van der Waals surface area contributed by atoms with E-state index in [9.17, 15) is 14.7 Å². The zero-order valence-electron chi connectivity index (χ0n) is 17.1. The molecule has 1 aliphatic rings. The lowest BCUT2D eigenvalue weighted by Gasteiger charge is -2.25. The van der Waals surface area contributed by atoms with Crippen LogP contribution in [0.4, 0.5) is 0 Å². The van der Waals surface area contributed by atoms with E-state index in [2.05, 4.69) is 6.58 Å². The van der Waals surface area contributed by atoms with Crippen LogP contribution in [-0.2, 0) is 9.59 Å². The summed E-state index contributed by atoms with van der Waals surface area (Å²) in [5.41, 5.74) is 1.16. The summed E-state index contributed by atoms with van der Waals surface area (Å²) in [5.74, 6) is -0.419. The molecule has 0 radical (unpaired) electrons. The molecule has 0 saturated carbocycles. The Labute approximate surface area is 176 Å². The number of rotatable bonds is 8. The molecule has 1 atom stereocenters. The number of hydrogen-bond acceptors (Lipinski definition) is 5. The average molecular weight is 407 g/mol. The van der Waals surface area contributed by atoms with E-state index < -0.39 is 17.7 Å². The molecule has 2 aromatic carbocycles. The molecule has 6 heteroatoms. The van der Waals surface area contributed by atoms with Crippen LogP contribution >= 0.6 is 0 Å². The van der Waals surface area contributed by atoms with E-state index in [0.29, 0.717) is 42.2 Å². The molecule has 1 saturated heterocycles. The van der Waals surface area contributed by atoms with Gasteiger partial charge < -0.3 is 19.5 Å². The van der Waals surface area contributed by atoms with Gasteiger partial charge in [0, 0.05) is 12.1 Å². The number of ether oxygens (including phenoxy) is 2. The fourth-order valence-electron chi connectivity index (χ4n) is 3.55. The van der Waals surface area contributed by atoms with E-state index in [1.807, 2.05) is 13.0 Å². The van der Waals surface area contributed by atoms with Crippen molar-refractivity contribution in [2.75, 3.05) is 20.3 Å². The Morgan fingerprint density at radius 1 is 1.17 bits per heavy atom. The molecule has 1 aliphatic heterocycles. The summed E-state index contributed by atoms with van der Waals surface area (Å²) < 4.78 is 10.8. The van der Waals surface area contributed by atoms with Crippen molar-refractivity contribution in [2.45, 2.75) is 19.4 Å². The van der Waals surface area contributed by atoms with Gasteiger partial charge in [-0.2, -0.15) is 0 Å². The number of ketones is 1. The van der Waals surface area contributed by atoms with E-state index in [1.165, 1.54) is 12.0 Å². The monoisotopic (exact) mass is 407 g/mol. The van der Waals surface area contributed by atoms with Gasteiger partial charge in [0.25, 0.3) is 11.7 Å². The Hall–Kier alpha value is -3.54. The number of benzene rings is 2. The predicted molar refractivity (Wildman–Crippen MR) is 114 cm³/mol. The zero-order valence-corrected chi connectivity index (χ0v) is 17.1. The summed E-state index contributed by atoms with van der Waals surface area (Å²) in [5, 5.41) is 11.0. The van der Waals surface area contributed by atoms with Gasteiger partial charge in [-0.15, -0.1) is 0 Å². The molecule has 0 aliphatic carbocycles. The van der Waals surface area contributed by atoms with Crippen LogP contribution in [0.25, 0.3) is 5.76 Å². The highest BCUT2D eigenvalue weighted by Gasteiger charge is 2.45. The first-order chi connectivity index (χ1) is 14.5. The molecule has 1 fully saturated rings. The van der Waals surface area contributed by atoms with Crippen LogP contribution in [0.3, 0.4) is 0 Å². The summed E-state index contributed by atoms with van der Waals surface area (Å²) in [6.07, 6.45) is 2.31. The molecule has 0 spiro atoms. The maximum atomic E-state index is 12.9. The second-order valence-corrected chi connectivity index (χ2v) is 6.90. The Balaban J connectivity index is 2.15. The Morgan fingerprint density at radius 2 is 1.90 bits per heavy atom. The molecule has 1 heterocycles. The summed E-state index contributed by atoms with van der Waals surface area (Å²) in [6, 6.07) is 13.2. The third kappa shape index (κ3) is 4.08. The molecular weight excluding hydrogens is 382 g/mol. The van der Waals surface area contributed by atoms with Gasteiger partial charge in [-0.25, -0.2) is 0 Å². The number of methoxy groups -OCH3 is 1. The molecule has 0 bridgehead atoms. The lowest BCUT2D eigenvalue weighted by molar-refractivity contribution is -0.139. The Kier molecular flexibility index (Phi) is 6.57. The third-order valence-electron chi connectivity index (χ3n) is 4.89. The molecular formula is C24H25NO5. The average Bonchev–Trinajstić information content (AvgIpc) is 3.02. The van der Waals surface area contributed by atoms with Gasteiger partial charge >= 0.3 is 0 Å². The molecule has 1 N–H and O–H groups in total. The van der Waals surface area contributed by atoms with Crippen molar-refractivity contribution in [3.05, 3.63) is 77.9 Å². The maximum Gasteiger partial charge on any atom is 0.295 e. The topological polar surface area (TPSA) is 76.1 Å². The van der Waals surface area contributed by atoms with Crippen molar-refractivity contribution in [1.29, 1.82) is 0 Å². The second kappa shape index (κ2) is 9.31. The van der Waals surface area contributed by atoms with Gasteiger partial charge in [-0.05, 0) is 36.2 Å². The minimum absolute atomic E-state index is 0.0579. The minimum atomic E-state index is -0.705. The summed E-state index contributed by atoms with van der Waals surface area (Å²) in [4.78, 5) is 27.2. The lowest BCUT2D eigenvalue weighted by Crippen LogP contribution is -2.30. The molecule has 1 unspecified atom stereocenters. The van der Waals surface area contributed by atoms with E-state index in [0.717, 1.165) is 0 Å². The molecule has 1 amide bonds. The third-order valence-corrected chi connectivity index (χ3v) is 4.89. The Morgan fingerprint density at radius 3 is 2.60 bits per heavy atom. The van der Waals surface area contributed by atoms with Crippen molar-refractivity contribution in [3.8, 4) is 11.5 Å². The highest BCUT2D eigenvalue weighted by Crippen LogP contribution is 2.40. The highest BCUT2D eigenvalue weighted by atomic mass is 16.5. The van der Waals surface area contributed by atoms with Crippen molar-refractivity contribution in [1.82, 2.24) is 4.90 Å². The van der Waals surface area contributed by atoms with Gasteiger partial charge in [0.15, 0.2) is 0 Å². The fourth-order valence-corrected chi connectivity index (χ4v) is 3.55. The first-order valence-electron chi connectivity index (χ1n) is 9.78. The van der Waals surface area contributed by atoms with Crippen LogP contribution < -0.4 is 9.47 Å². The van der Waals surface area contributed by atoms with Gasteiger partial charge in [-0.1, -0.05) is 43.8 Å². The first kappa shape index (κ1) is 21.2. The van der Waals surface area contributed by atoms with Crippen LogP contribution in [0.15, 0.2) is 66.8 Å². The fraction of sp³-hybridized carbons (Fsp3) is 0.250.